The molecule has 0 aliphatic carbocycles. The summed E-state index contributed by atoms with van der Waals surface area (Å²) in [5, 5.41) is -0.904. The van der Waals surface area contributed by atoms with Gasteiger partial charge in [-0.05, 0) is 0 Å². The molecule has 92 valence electrons. The molecule has 2 rings (SSSR count). The van der Waals surface area contributed by atoms with Crippen LogP contribution in [0.15, 0.2) is 20.0 Å². The average molecular weight is 276 g/mol. The Bertz CT molecular complexity index is 696. The SMILES string of the molecule is CS(=O)(=O)C1=NC2=NC=NC2C(S(C)(=O)=O)=N1. The highest BCUT2D eigenvalue weighted by Gasteiger charge is 2.36. The Balaban J connectivity index is 2.66. The highest BCUT2D eigenvalue weighted by atomic mass is 32.2. The van der Waals surface area contributed by atoms with Crippen LogP contribution in [-0.2, 0) is 19.7 Å². The lowest BCUT2D eigenvalue weighted by molar-refractivity contribution is 0.611. The van der Waals surface area contributed by atoms with Crippen LogP contribution in [-0.4, -0.2) is 57.8 Å². The van der Waals surface area contributed by atoms with E-state index in [-0.39, 0.29) is 10.9 Å². The maximum Gasteiger partial charge on any atom is 0.249 e. The van der Waals surface area contributed by atoms with Gasteiger partial charge in [-0.25, -0.2) is 31.8 Å². The minimum atomic E-state index is -3.70. The van der Waals surface area contributed by atoms with Crippen molar-refractivity contribution in [2.75, 3.05) is 12.5 Å². The zero-order chi connectivity index (χ0) is 12.8. The molecule has 1 atom stereocenters. The van der Waals surface area contributed by atoms with Gasteiger partial charge in [0.15, 0.2) is 26.8 Å². The van der Waals surface area contributed by atoms with Crippen LogP contribution in [0.5, 0.6) is 0 Å². The van der Waals surface area contributed by atoms with E-state index in [0.717, 1.165) is 18.9 Å². The number of fused-ring (bicyclic) bond motifs is 1. The number of nitrogens with zero attached hydrogens (tertiary/aromatic N) is 4. The number of hydrogen-bond acceptors (Lipinski definition) is 8. The van der Waals surface area contributed by atoms with Crippen LogP contribution in [0, 0.1) is 0 Å². The van der Waals surface area contributed by atoms with Crippen LogP contribution in [0.4, 0.5) is 0 Å². The van der Waals surface area contributed by atoms with Crippen LogP contribution in [0.3, 0.4) is 0 Å². The van der Waals surface area contributed by atoms with Crippen molar-refractivity contribution in [3.8, 4) is 0 Å². The molecule has 0 bridgehead atoms. The predicted molar refractivity (Wildman–Crippen MR) is 64.3 cm³/mol. The zero-order valence-electron chi connectivity index (χ0n) is 8.89. The number of amidine groups is 2. The predicted octanol–water partition coefficient (Wildman–Crippen LogP) is -1.35. The van der Waals surface area contributed by atoms with Crippen molar-refractivity contribution in [3.63, 3.8) is 0 Å². The first-order valence-corrected chi connectivity index (χ1v) is 8.14. The number of rotatable bonds is 0. The maximum atomic E-state index is 11.5. The van der Waals surface area contributed by atoms with E-state index < -0.39 is 30.9 Å². The largest absolute Gasteiger partial charge is 0.255 e. The monoisotopic (exact) mass is 276 g/mol. The number of hydrogen-bond donors (Lipinski definition) is 0. The third kappa shape index (κ3) is 2.17. The molecular formula is C7H8N4O4S2. The molecule has 2 aliphatic heterocycles. The minimum absolute atomic E-state index is 0.0286. The molecule has 0 spiro atoms. The standard InChI is InChI=1S/C7H8N4O4S2/c1-16(12,13)6-4-5(9-3-8-4)10-7(11-6)17(2,14)15/h3-4H,1-2H3. The molecule has 2 heterocycles. The summed E-state index contributed by atoms with van der Waals surface area (Å²) in [7, 11) is -7.36. The van der Waals surface area contributed by atoms with Gasteiger partial charge in [-0.2, -0.15) is 0 Å². The van der Waals surface area contributed by atoms with Crippen LogP contribution < -0.4 is 0 Å². The van der Waals surface area contributed by atoms with E-state index in [2.05, 4.69) is 20.0 Å². The highest BCUT2D eigenvalue weighted by molar-refractivity contribution is 8.07. The van der Waals surface area contributed by atoms with Crippen LogP contribution in [0.25, 0.3) is 0 Å². The smallest absolute Gasteiger partial charge is 0.249 e. The Morgan fingerprint density at radius 3 is 2.24 bits per heavy atom. The van der Waals surface area contributed by atoms with Crippen molar-refractivity contribution < 1.29 is 16.8 Å². The normalized spacial score (nSPS) is 23.9. The zero-order valence-corrected chi connectivity index (χ0v) is 10.5. The molecule has 0 saturated heterocycles. The first-order chi connectivity index (χ1) is 7.69. The first-order valence-electron chi connectivity index (χ1n) is 4.36. The molecule has 0 aromatic rings. The third-order valence-corrected chi connectivity index (χ3v) is 3.93. The van der Waals surface area contributed by atoms with Gasteiger partial charge in [-0.1, -0.05) is 0 Å². The highest BCUT2D eigenvalue weighted by Crippen LogP contribution is 2.16. The lowest BCUT2D eigenvalue weighted by Gasteiger charge is -2.14. The Kier molecular flexibility index (Phi) is 2.51. The summed E-state index contributed by atoms with van der Waals surface area (Å²) in [5.74, 6) is 0.0286. The molecule has 0 aromatic carbocycles. The summed E-state index contributed by atoms with van der Waals surface area (Å²) < 4.78 is 45.6. The van der Waals surface area contributed by atoms with Crippen molar-refractivity contribution in [1.82, 2.24) is 0 Å². The fraction of sp³-hybridized carbons (Fsp3) is 0.429. The lowest BCUT2D eigenvalue weighted by atomic mass is 10.3. The second-order valence-electron chi connectivity index (χ2n) is 3.54. The van der Waals surface area contributed by atoms with Crippen molar-refractivity contribution in [2.24, 2.45) is 20.0 Å². The van der Waals surface area contributed by atoms with Crippen LogP contribution in [0.1, 0.15) is 0 Å². The fourth-order valence-electron chi connectivity index (χ4n) is 1.29. The molecule has 0 amide bonds. The molecule has 17 heavy (non-hydrogen) atoms. The van der Waals surface area contributed by atoms with Gasteiger partial charge in [0.1, 0.15) is 6.34 Å². The van der Waals surface area contributed by atoms with Gasteiger partial charge in [0, 0.05) is 12.5 Å². The summed E-state index contributed by atoms with van der Waals surface area (Å²) in [6.45, 7) is 0. The molecule has 0 N–H and O–H groups in total. The summed E-state index contributed by atoms with van der Waals surface area (Å²) in [4.78, 5) is 14.7. The molecule has 1 unspecified atom stereocenters. The molecule has 10 heteroatoms. The summed E-state index contributed by atoms with van der Waals surface area (Å²) in [6.07, 6.45) is 2.96. The van der Waals surface area contributed by atoms with E-state index in [9.17, 15) is 16.8 Å². The van der Waals surface area contributed by atoms with Crippen LogP contribution >= 0.6 is 0 Å². The van der Waals surface area contributed by atoms with Crippen molar-refractivity contribution in [3.05, 3.63) is 0 Å². The molecule has 0 saturated carbocycles. The van der Waals surface area contributed by atoms with Gasteiger partial charge in [0.2, 0.25) is 15.0 Å². The number of aliphatic imine (C=N–C) groups is 4. The van der Waals surface area contributed by atoms with Gasteiger partial charge < -0.3 is 0 Å². The molecule has 0 aromatic heterocycles. The molecule has 0 radical (unpaired) electrons. The average Bonchev–Trinajstić information content (AvgIpc) is 2.59. The van der Waals surface area contributed by atoms with E-state index in [4.69, 9.17) is 0 Å². The number of sulfone groups is 2. The quantitative estimate of drug-likeness (QED) is 0.543. The maximum absolute atomic E-state index is 11.5. The van der Waals surface area contributed by atoms with E-state index in [1.165, 1.54) is 0 Å². The van der Waals surface area contributed by atoms with Gasteiger partial charge in [0.25, 0.3) is 0 Å². The summed E-state index contributed by atoms with van der Waals surface area (Å²) in [5.41, 5.74) is 0. The molecular weight excluding hydrogens is 268 g/mol. The van der Waals surface area contributed by atoms with Gasteiger partial charge >= 0.3 is 0 Å². The fourth-order valence-corrected chi connectivity index (χ4v) is 2.70. The molecule has 2 aliphatic rings. The Labute approximate surface area is 97.7 Å². The van der Waals surface area contributed by atoms with E-state index in [1.54, 1.807) is 0 Å². The van der Waals surface area contributed by atoms with Gasteiger partial charge in [-0.15, -0.1) is 0 Å². The first kappa shape index (κ1) is 12.0. The Morgan fingerprint density at radius 1 is 1.06 bits per heavy atom. The van der Waals surface area contributed by atoms with Crippen molar-refractivity contribution >= 4 is 42.1 Å². The summed E-state index contributed by atoms with van der Waals surface area (Å²) >= 11 is 0. The molecule has 8 nitrogen and oxygen atoms in total. The van der Waals surface area contributed by atoms with Crippen molar-refractivity contribution in [1.29, 1.82) is 0 Å². The Hall–Kier alpha value is -1.42. The lowest BCUT2D eigenvalue weighted by Crippen LogP contribution is -2.37. The van der Waals surface area contributed by atoms with Crippen molar-refractivity contribution in [2.45, 2.75) is 6.04 Å². The Morgan fingerprint density at radius 2 is 1.71 bits per heavy atom. The topological polar surface area (TPSA) is 118 Å². The van der Waals surface area contributed by atoms with Gasteiger partial charge in [-0.3, -0.25) is 4.99 Å². The second kappa shape index (κ2) is 3.53. The van der Waals surface area contributed by atoms with Gasteiger partial charge in [0.05, 0.1) is 0 Å². The summed E-state index contributed by atoms with van der Waals surface area (Å²) in [6, 6.07) is -0.921. The van der Waals surface area contributed by atoms with E-state index in [1.807, 2.05) is 0 Å². The second-order valence-corrected chi connectivity index (χ2v) is 7.42. The minimum Gasteiger partial charge on any atom is -0.255 e. The molecule has 0 fully saturated rings. The van der Waals surface area contributed by atoms with Crippen LogP contribution in [0.2, 0.25) is 0 Å². The van der Waals surface area contributed by atoms with E-state index >= 15 is 0 Å². The van der Waals surface area contributed by atoms with E-state index in [0.29, 0.717) is 0 Å². The third-order valence-electron chi connectivity index (χ3n) is 2.01.